The summed E-state index contributed by atoms with van der Waals surface area (Å²) < 4.78 is 30.2. The minimum absolute atomic E-state index is 0.00169. The van der Waals surface area contributed by atoms with Gasteiger partial charge in [-0.05, 0) is 77.3 Å². The van der Waals surface area contributed by atoms with Gasteiger partial charge in [0.2, 0.25) is 0 Å². The second-order valence-electron chi connectivity index (χ2n) is 10.9. The normalized spacial score (nSPS) is 20.3. The zero-order valence-electron chi connectivity index (χ0n) is 24.1. The number of aliphatic hydroxyl groups is 1. The number of ether oxygens (including phenoxy) is 1. The lowest BCUT2D eigenvalue weighted by Crippen LogP contribution is -2.46. The smallest absolute Gasteiger partial charge is 0.387 e. The number of hydrogen-bond acceptors (Lipinski definition) is 6. The number of nitrogens with one attached hydrogen (secondary N) is 1. The molecule has 1 fully saturated rings. The van der Waals surface area contributed by atoms with E-state index in [1.165, 1.54) is 18.3 Å². The first-order valence-corrected chi connectivity index (χ1v) is 13.0. The maximum absolute atomic E-state index is 13.3. The molecule has 0 radical (unpaired) electrons. The zero-order valence-corrected chi connectivity index (χ0v) is 24.1. The first-order valence-electron chi connectivity index (χ1n) is 13.0. The van der Waals surface area contributed by atoms with Crippen LogP contribution in [0.15, 0.2) is 64.9 Å². The molecule has 214 valence electrons. The van der Waals surface area contributed by atoms with Crippen molar-refractivity contribution in [3.05, 3.63) is 77.1 Å². The molecule has 0 spiro atoms. The molecule has 2 atom stereocenters. The number of hydrogen-bond donors (Lipinski definition) is 2. The van der Waals surface area contributed by atoms with Gasteiger partial charge < -0.3 is 20.1 Å². The van der Waals surface area contributed by atoms with Crippen LogP contribution in [-0.4, -0.2) is 54.3 Å². The first-order chi connectivity index (χ1) is 18.7. The number of halogens is 2. The SMILES string of the molecule is C=C1N(c2cc(/C(C=NC)=C/N=CC(C)(C)O)ccc2C)C(C)CC1(C)NC(=O)c1cccc(OC(F)F)c1C. The van der Waals surface area contributed by atoms with E-state index in [0.717, 1.165) is 22.4 Å². The highest BCUT2D eigenvalue weighted by atomic mass is 19.3. The van der Waals surface area contributed by atoms with Gasteiger partial charge in [-0.3, -0.25) is 14.8 Å². The average molecular weight is 553 g/mol. The molecule has 0 saturated carbocycles. The number of nitrogens with zero attached hydrogens (tertiary/aromatic N) is 3. The number of carbonyl (C=O) groups excluding carboxylic acids is 1. The van der Waals surface area contributed by atoms with Crippen LogP contribution < -0.4 is 15.0 Å². The Bertz CT molecular complexity index is 1360. The van der Waals surface area contributed by atoms with Crippen LogP contribution in [0.1, 0.15) is 61.2 Å². The van der Waals surface area contributed by atoms with Gasteiger partial charge in [0, 0.05) is 59.8 Å². The number of rotatable bonds is 9. The molecule has 3 rings (SSSR count). The van der Waals surface area contributed by atoms with Crippen molar-refractivity contribution in [3.63, 3.8) is 0 Å². The van der Waals surface area contributed by atoms with Gasteiger partial charge in [0.15, 0.2) is 0 Å². The zero-order chi connectivity index (χ0) is 29.8. The van der Waals surface area contributed by atoms with Crippen molar-refractivity contribution in [1.82, 2.24) is 5.32 Å². The Hall–Kier alpha value is -3.85. The van der Waals surface area contributed by atoms with Gasteiger partial charge in [0.05, 0.1) is 11.1 Å². The molecule has 40 heavy (non-hydrogen) atoms. The lowest BCUT2D eigenvalue weighted by atomic mass is 9.95. The molecule has 0 aromatic heterocycles. The lowest BCUT2D eigenvalue weighted by Gasteiger charge is -2.31. The minimum atomic E-state index is -2.98. The van der Waals surface area contributed by atoms with Crippen LogP contribution in [0.5, 0.6) is 5.75 Å². The van der Waals surface area contributed by atoms with Crippen LogP contribution in [0.2, 0.25) is 0 Å². The van der Waals surface area contributed by atoms with Gasteiger partial charge in [-0.25, -0.2) is 0 Å². The maximum atomic E-state index is 13.3. The summed E-state index contributed by atoms with van der Waals surface area (Å²) in [7, 11) is 1.68. The molecule has 2 aromatic rings. The highest BCUT2D eigenvalue weighted by molar-refractivity contribution is 6.10. The Kier molecular flexibility index (Phi) is 9.30. The topological polar surface area (TPSA) is 86.5 Å². The third-order valence-electron chi connectivity index (χ3n) is 6.88. The molecule has 1 amide bonds. The molecule has 9 heteroatoms. The van der Waals surface area contributed by atoms with Crippen LogP contribution in [0, 0.1) is 13.8 Å². The fourth-order valence-corrected chi connectivity index (χ4v) is 4.91. The average Bonchev–Trinajstić information content (AvgIpc) is 3.06. The van der Waals surface area contributed by atoms with E-state index in [1.54, 1.807) is 46.3 Å². The van der Waals surface area contributed by atoms with Gasteiger partial charge in [0.25, 0.3) is 5.91 Å². The van der Waals surface area contributed by atoms with E-state index in [-0.39, 0.29) is 17.4 Å². The number of carbonyl (C=O) groups is 1. The predicted molar refractivity (Wildman–Crippen MR) is 158 cm³/mol. The molecule has 0 bridgehead atoms. The minimum Gasteiger partial charge on any atom is -0.435 e. The van der Waals surface area contributed by atoms with E-state index in [9.17, 15) is 18.7 Å². The number of alkyl halides is 2. The summed E-state index contributed by atoms with van der Waals surface area (Å²) in [5.41, 5.74) is 3.07. The van der Waals surface area contributed by atoms with Crippen LogP contribution in [-0.2, 0) is 0 Å². The fraction of sp³-hybridized carbons (Fsp3) is 0.387. The molecule has 0 aliphatic carbocycles. The van der Waals surface area contributed by atoms with Crippen molar-refractivity contribution < 1.29 is 23.4 Å². The largest absolute Gasteiger partial charge is 0.435 e. The first kappa shape index (κ1) is 30.7. The Morgan fingerprint density at radius 3 is 2.62 bits per heavy atom. The van der Waals surface area contributed by atoms with Gasteiger partial charge in [-0.15, -0.1) is 0 Å². The molecular weight excluding hydrogens is 514 g/mol. The van der Waals surface area contributed by atoms with E-state index >= 15 is 0 Å². The molecule has 1 saturated heterocycles. The molecule has 7 nitrogen and oxygen atoms in total. The molecule has 2 unspecified atom stereocenters. The van der Waals surface area contributed by atoms with Crippen LogP contribution in [0.25, 0.3) is 5.57 Å². The second-order valence-corrected chi connectivity index (χ2v) is 10.9. The molecule has 1 heterocycles. The van der Waals surface area contributed by atoms with Gasteiger partial charge >= 0.3 is 6.61 Å². The standard InChI is InChI=1S/C31H38F2N4O3/c1-19-12-13-23(24(16-34-8)17-35-18-30(5,6)39)14-26(19)37-20(2)15-31(7,22(37)4)36-28(38)25-10-9-11-27(21(25)3)40-29(32)33/h9-14,16-18,20,29,39H,4,15H2,1-3,5-8H3,(H,36,38)/b24-17+,34-16?,35-18?. The van der Waals surface area contributed by atoms with E-state index in [4.69, 9.17) is 0 Å². The third kappa shape index (κ3) is 7.01. The van der Waals surface area contributed by atoms with Crippen molar-refractivity contribution in [2.75, 3.05) is 11.9 Å². The number of benzene rings is 2. The van der Waals surface area contributed by atoms with Crippen molar-refractivity contribution in [3.8, 4) is 5.75 Å². The van der Waals surface area contributed by atoms with Gasteiger partial charge in [0.1, 0.15) is 5.75 Å². The summed E-state index contributed by atoms with van der Waals surface area (Å²) >= 11 is 0. The van der Waals surface area contributed by atoms with Crippen molar-refractivity contribution in [2.24, 2.45) is 9.98 Å². The molecular formula is C31H38F2N4O3. The number of amides is 1. The summed E-state index contributed by atoms with van der Waals surface area (Å²) in [4.78, 5) is 23.9. The Balaban J connectivity index is 1.93. The summed E-state index contributed by atoms with van der Waals surface area (Å²) in [5, 5.41) is 13.1. The van der Waals surface area contributed by atoms with Crippen LogP contribution >= 0.6 is 0 Å². The quantitative estimate of drug-likeness (QED) is 0.369. The van der Waals surface area contributed by atoms with E-state index in [1.807, 2.05) is 32.0 Å². The molecule has 2 N–H and O–H groups in total. The lowest BCUT2D eigenvalue weighted by molar-refractivity contribution is -0.0503. The van der Waals surface area contributed by atoms with Crippen LogP contribution in [0.3, 0.4) is 0 Å². The number of anilines is 1. The highest BCUT2D eigenvalue weighted by Gasteiger charge is 2.44. The fourth-order valence-electron chi connectivity index (χ4n) is 4.91. The summed E-state index contributed by atoms with van der Waals surface area (Å²) in [6.45, 7) is 12.2. The predicted octanol–water partition coefficient (Wildman–Crippen LogP) is 6.09. The van der Waals surface area contributed by atoms with Crippen molar-refractivity contribution in [2.45, 2.75) is 71.8 Å². The Morgan fingerprint density at radius 2 is 2.00 bits per heavy atom. The molecule has 1 aliphatic heterocycles. The van der Waals surface area contributed by atoms with Crippen molar-refractivity contribution in [1.29, 1.82) is 0 Å². The van der Waals surface area contributed by atoms with Gasteiger partial charge in [-0.1, -0.05) is 24.8 Å². The van der Waals surface area contributed by atoms with E-state index in [0.29, 0.717) is 17.7 Å². The molecule has 2 aromatic carbocycles. The number of allylic oxidation sites excluding steroid dienone is 1. The number of aliphatic imine (C=N–C) groups is 2. The Labute approximate surface area is 235 Å². The summed E-state index contributed by atoms with van der Waals surface area (Å²) in [5.74, 6) is -0.429. The second kappa shape index (κ2) is 12.1. The highest BCUT2D eigenvalue weighted by Crippen LogP contribution is 2.41. The van der Waals surface area contributed by atoms with Crippen molar-refractivity contribution >= 4 is 29.6 Å². The van der Waals surface area contributed by atoms with Gasteiger partial charge in [-0.2, -0.15) is 8.78 Å². The number of aryl methyl sites for hydroxylation is 1. The summed E-state index contributed by atoms with van der Waals surface area (Å²) in [6, 6.07) is 10.5. The molecule has 1 aliphatic rings. The Morgan fingerprint density at radius 1 is 1.30 bits per heavy atom. The van der Waals surface area contributed by atoms with Crippen LogP contribution in [0.4, 0.5) is 14.5 Å². The summed E-state index contributed by atoms with van der Waals surface area (Å²) in [6.07, 6.45) is 5.40. The van der Waals surface area contributed by atoms with E-state index < -0.39 is 23.7 Å². The van der Waals surface area contributed by atoms with E-state index in [2.05, 4.69) is 38.4 Å². The monoisotopic (exact) mass is 552 g/mol. The third-order valence-corrected chi connectivity index (χ3v) is 6.88. The maximum Gasteiger partial charge on any atom is 0.387 e.